The number of carbonyl (C=O) groups is 1. The number of rotatable bonds is 4. The lowest BCUT2D eigenvalue weighted by Crippen LogP contribution is -2.26. The fourth-order valence-corrected chi connectivity index (χ4v) is 3.65. The van der Waals surface area contributed by atoms with Gasteiger partial charge < -0.3 is 11.1 Å². The molecule has 0 aromatic heterocycles. The second-order valence-electron chi connectivity index (χ2n) is 6.03. The molecule has 0 bridgehead atoms. The number of carbonyl (C=O) groups excluding carboxylic acids is 1. The number of hydrogen-bond acceptors (Lipinski definition) is 2. The highest BCUT2D eigenvalue weighted by Gasteiger charge is 2.54. The molecule has 0 saturated heterocycles. The van der Waals surface area contributed by atoms with Crippen LogP contribution in [0.4, 0.5) is 4.39 Å². The maximum absolute atomic E-state index is 13.9. The third-order valence-electron chi connectivity index (χ3n) is 4.75. The standard InChI is InChI=1S/C16H19FN2OS/c17-13-7-9(15(18)21)5-6-10(13)8-19-16(20)14-11-3-1-2-4-12(11)14/h5-7,11-12,14H,1-4,8H2,(H2,18,21)(H,19,20). The van der Waals surface area contributed by atoms with Crippen LogP contribution < -0.4 is 11.1 Å². The fourth-order valence-electron chi connectivity index (χ4n) is 3.53. The molecule has 0 radical (unpaired) electrons. The predicted octanol–water partition coefficient (Wildman–Crippen LogP) is 2.51. The number of benzene rings is 1. The van der Waals surface area contributed by atoms with Gasteiger partial charge in [0.15, 0.2) is 0 Å². The Kier molecular flexibility index (Phi) is 3.93. The topological polar surface area (TPSA) is 55.1 Å². The van der Waals surface area contributed by atoms with Crippen molar-refractivity contribution >= 4 is 23.1 Å². The molecular formula is C16H19FN2OS. The average Bonchev–Trinajstić information content (AvgIpc) is 3.20. The fraction of sp³-hybridized carbons (Fsp3) is 0.500. The van der Waals surface area contributed by atoms with E-state index in [2.05, 4.69) is 5.32 Å². The van der Waals surface area contributed by atoms with Gasteiger partial charge in [0.2, 0.25) is 5.91 Å². The quantitative estimate of drug-likeness (QED) is 0.841. The van der Waals surface area contributed by atoms with Crippen LogP contribution in [0.3, 0.4) is 0 Å². The van der Waals surface area contributed by atoms with E-state index in [1.54, 1.807) is 12.1 Å². The zero-order valence-corrected chi connectivity index (χ0v) is 12.6. The molecule has 3 N–H and O–H groups in total. The zero-order valence-electron chi connectivity index (χ0n) is 11.8. The number of halogens is 1. The number of fused-ring (bicyclic) bond motifs is 1. The van der Waals surface area contributed by atoms with E-state index in [1.807, 2.05) is 0 Å². The Balaban J connectivity index is 1.58. The summed E-state index contributed by atoms with van der Waals surface area (Å²) < 4.78 is 13.9. The Labute approximate surface area is 129 Å². The van der Waals surface area contributed by atoms with Crippen LogP contribution >= 0.6 is 12.2 Å². The number of nitrogens with two attached hydrogens (primary N) is 1. The molecule has 2 saturated carbocycles. The molecule has 0 heterocycles. The van der Waals surface area contributed by atoms with Gasteiger partial charge in [-0.15, -0.1) is 0 Å². The maximum atomic E-state index is 13.9. The van der Waals surface area contributed by atoms with E-state index < -0.39 is 0 Å². The summed E-state index contributed by atoms with van der Waals surface area (Å²) >= 11 is 4.81. The van der Waals surface area contributed by atoms with Gasteiger partial charge in [-0.2, -0.15) is 0 Å². The molecule has 3 nitrogen and oxygen atoms in total. The highest BCUT2D eigenvalue weighted by molar-refractivity contribution is 7.80. The summed E-state index contributed by atoms with van der Waals surface area (Å²) in [6, 6.07) is 4.63. The van der Waals surface area contributed by atoms with Crippen molar-refractivity contribution in [2.45, 2.75) is 32.2 Å². The van der Waals surface area contributed by atoms with Gasteiger partial charge in [-0.05, 0) is 30.7 Å². The molecule has 0 aliphatic heterocycles. The number of amides is 1. The van der Waals surface area contributed by atoms with Crippen molar-refractivity contribution in [3.63, 3.8) is 0 Å². The Bertz CT molecular complexity index is 578. The molecule has 2 atom stereocenters. The molecule has 1 aromatic rings. The van der Waals surface area contributed by atoms with Gasteiger partial charge in [-0.25, -0.2) is 4.39 Å². The first-order valence-corrected chi connectivity index (χ1v) is 7.84. The second kappa shape index (κ2) is 5.72. The number of thiocarbonyl (C=S) groups is 1. The second-order valence-corrected chi connectivity index (χ2v) is 6.47. The maximum Gasteiger partial charge on any atom is 0.223 e. The first kappa shape index (κ1) is 14.4. The lowest BCUT2D eigenvalue weighted by Gasteiger charge is -2.07. The molecule has 3 rings (SSSR count). The third kappa shape index (κ3) is 2.93. The van der Waals surface area contributed by atoms with E-state index in [4.69, 9.17) is 18.0 Å². The minimum absolute atomic E-state index is 0.0738. The minimum atomic E-state index is -0.381. The van der Waals surface area contributed by atoms with E-state index in [0.29, 0.717) is 23.0 Å². The first-order chi connectivity index (χ1) is 10.1. The number of hydrogen-bond donors (Lipinski definition) is 2. The molecule has 21 heavy (non-hydrogen) atoms. The molecule has 0 spiro atoms. The summed E-state index contributed by atoms with van der Waals surface area (Å²) in [6.07, 6.45) is 4.81. The lowest BCUT2D eigenvalue weighted by atomic mass is 10.0. The van der Waals surface area contributed by atoms with Crippen molar-refractivity contribution in [3.8, 4) is 0 Å². The average molecular weight is 306 g/mol. The Morgan fingerprint density at radius 2 is 2.00 bits per heavy atom. The summed E-state index contributed by atoms with van der Waals surface area (Å²) in [6.45, 7) is 0.220. The van der Waals surface area contributed by atoms with Gasteiger partial charge in [0.05, 0.1) is 0 Å². The van der Waals surface area contributed by atoms with E-state index in [0.717, 1.165) is 0 Å². The van der Waals surface area contributed by atoms with Crippen LogP contribution in [0.5, 0.6) is 0 Å². The van der Waals surface area contributed by atoms with Crippen molar-refractivity contribution in [3.05, 3.63) is 35.1 Å². The highest BCUT2D eigenvalue weighted by atomic mass is 32.1. The van der Waals surface area contributed by atoms with Crippen LogP contribution in [0.15, 0.2) is 18.2 Å². The number of nitrogens with one attached hydrogen (secondary N) is 1. The summed E-state index contributed by atoms with van der Waals surface area (Å²) in [4.78, 5) is 12.3. The van der Waals surface area contributed by atoms with Crippen LogP contribution in [-0.4, -0.2) is 10.9 Å². The smallest absolute Gasteiger partial charge is 0.223 e. The summed E-state index contributed by atoms with van der Waals surface area (Å²) in [5.74, 6) is 0.992. The van der Waals surface area contributed by atoms with E-state index in [-0.39, 0.29) is 29.2 Å². The Morgan fingerprint density at radius 1 is 1.33 bits per heavy atom. The van der Waals surface area contributed by atoms with Crippen LogP contribution in [0.2, 0.25) is 0 Å². The largest absolute Gasteiger partial charge is 0.389 e. The van der Waals surface area contributed by atoms with Crippen LogP contribution in [0, 0.1) is 23.6 Å². The Morgan fingerprint density at radius 3 is 2.57 bits per heavy atom. The van der Waals surface area contributed by atoms with Crippen molar-refractivity contribution in [1.82, 2.24) is 5.32 Å². The zero-order chi connectivity index (χ0) is 15.0. The molecule has 5 heteroatoms. The molecule has 2 aliphatic carbocycles. The van der Waals surface area contributed by atoms with Crippen molar-refractivity contribution in [1.29, 1.82) is 0 Å². The minimum Gasteiger partial charge on any atom is -0.389 e. The van der Waals surface area contributed by atoms with E-state index in [9.17, 15) is 9.18 Å². The highest BCUT2D eigenvalue weighted by Crippen LogP contribution is 2.55. The van der Waals surface area contributed by atoms with E-state index in [1.165, 1.54) is 31.7 Å². The predicted molar refractivity (Wildman–Crippen MR) is 83.1 cm³/mol. The first-order valence-electron chi connectivity index (χ1n) is 7.44. The molecular weight excluding hydrogens is 287 g/mol. The monoisotopic (exact) mass is 306 g/mol. The summed E-state index contributed by atoms with van der Waals surface area (Å²) in [7, 11) is 0. The van der Waals surface area contributed by atoms with E-state index >= 15 is 0 Å². The van der Waals surface area contributed by atoms with Crippen LogP contribution in [0.25, 0.3) is 0 Å². The van der Waals surface area contributed by atoms with Crippen molar-refractivity contribution in [2.75, 3.05) is 0 Å². The molecule has 1 aromatic carbocycles. The SMILES string of the molecule is NC(=S)c1ccc(CNC(=O)C2C3CCCCC32)c(F)c1. The normalized spacial score (nSPS) is 26.8. The lowest BCUT2D eigenvalue weighted by molar-refractivity contribution is -0.123. The van der Waals surface area contributed by atoms with Crippen LogP contribution in [0.1, 0.15) is 36.8 Å². The molecule has 2 aliphatic rings. The van der Waals surface area contributed by atoms with Gasteiger partial charge in [-0.1, -0.05) is 37.2 Å². The van der Waals surface area contributed by atoms with Gasteiger partial charge >= 0.3 is 0 Å². The molecule has 2 unspecified atom stereocenters. The Hall–Kier alpha value is -1.49. The summed E-state index contributed by atoms with van der Waals surface area (Å²) in [5, 5.41) is 2.86. The van der Waals surface area contributed by atoms with Gasteiger partial charge in [0, 0.05) is 23.6 Å². The molecule has 112 valence electrons. The molecule has 2 fully saturated rings. The van der Waals surface area contributed by atoms with Crippen molar-refractivity contribution in [2.24, 2.45) is 23.5 Å². The van der Waals surface area contributed by atoms with Gasteiger partial charge in [0.25, 0.3) is 0 Å². The third-order valence-corrected chi connectivity index (χ3v) is 4.99. The van der Waals surface area contributed by atoms with Crippen molar-refractivity contribution < 1.29 is 9.18 Å². The van der Waals surface area contributed by atoms with Gasteiger partial charge in [0.1, 0.15) is 10.8 Å². The van der Waals surface area contributed by atoms with Gasteiger partial charge in [-0.3, -0.25) is 4.79 Å². The summed E-state index contributed by atoms with van der Waals surface area (Å²) in [5.41, 5.74) is 6.44. The molecule has 1 amide bonds. The van der Waals surface area contributed by atoms with Crippen LogP contribution in [-0.2, 0) is 11.3 Å².